The molecular formula is C13H16O4. The van der Waals surface area contributed by atoms with E-state index in [0.717, 1.165) is 17.7 Å². The fourth-order valence-corrected chi connectivity index (χ4v) is 1.74. The maximum Gasteiger partial charge on any atom is 0.310 e. The fraction of sp³-hybridized carbons (Fsp3) is 0.462. The Morgan fingerprint density at radius 3 is 2.76 bits per heavy atom. The summed E-state index contributed by atoms with van der Waals surface area (Å²) in [5, 5.41) is 0. The second kappa shape index (κ2) is 5.68. The molecule has 4 nitrogen and oxygen atoms in total. The SMILES string of the molecule is COc1ccc(CC(=O)OC2CCOC2)cc1. The van der Waals surface area contributed by atoms with Gasteiger partial charge in [0.25, 0.3) is 0 Å². The molecular weight excluding hydrogens is 220 g/mol. The molecule has 1 aromatic carbocycles. The molecule has 0 spiro atoms. The average molecular weight is 236 g/mol. The molecule has 0 aromatic heterocycles. The molecule has 92 valence electrons. The van der Waals surface area contributed by atoms with Gasteiger partial charge < -0.3 is 14.2 Å². The third-order valence-corrected chi connectivity index (χ3v) is 2.69. The lowest BCUT2D eigenvalue weighted by molar-refractivity contribution is -0.148. The van der Waals surface area contributed by atoms with Crippen LogP contribution in [0.2, 0.25) is 0 Å². The van der Waals surface area contributed by atoms with Gasteiger partial charge in [-0.2, -0.15) is 0 Å². The van der Waals surface area contributed by atoms with E-state index in [-0.39, 0.29) is 12.1 Å². The van der Waals surface area contributed by atoms with Crippen molar-refractivity contribution in [3.8, 4) is 5.75 Å². The Kier molecular flexibility index (Phi) is 3.98. The number of methoxy groups -OCH3 is 1. The van der Waals surface area contributed by atoms with Gasteiger partial charge in [-0.3, -0.25) is 4.79 Å². The monoisotopic (exact) mass is 236 g/mol. The average Bonchev–Trinajstić information content (AvgIpc) is 2.82. The van der Waals surface area contributed by atoms with E-state index in [1.807, 2.05) is 24.3 Å². The summed E-state index contributed by atoms with van der Waals surface area (Å²) >= 11 is 0. The summed E-state index contributed by atoms with van der Waals surface area (Å²) in [6.07, 6.45) is 1.02. The zero-order valence-corrected chi connectivity index (χ0v) is 9.85. The van der Waals surface area contributed by atoms with E-state index in [0.29, 0.717) is 19.6 Å². The number of carbonyl (C=O) groups is 1. The number of esters is 1. The lowest BCUT2D eigenvalue weighted by atomic mass is 10.1. The van der Waals surface area contributed by atoms with Crippen molar-refractivity contribution < 1.29 is 19.0 Å². The quantitative estimate of drug-likeness (QED) is 0.744. The molecule has 1 atom stereocenters. The number of hydrogen-bond donors (Lipinski definition) is 0. The largest absolute Gasteiger partial charge is 0.497 e. The van der Waals surface area contributed by atoms with E-state index in [9.17, 15) is 4.79 Å². The molecule has 1 aliphatic rings. The highest BCUT2D eigenvalue weighted by atomic mass is 16.6. The Bertz CT molecular complexity index is 366. The molecule has 1 unspecified atom stereocenters. The van der Waals surface area contributed by atoms with Crippen molar-refractivity contribution in [2.75, 3.05) is 20.3 Å². The third kappa shape index (κ3) is 3.46. The molecule has 0 aliphatic carbocycles. The highest BCUT2D eigenvalue weighted by Crippen LogP contribution is 2.13. The van der Waals surface area contributed by atoms with E-state index in [1.54, 1.807) is 7.11 Å². The van der Waals surface area contributed by atoms with Gasteiger partial charge in [0.15, 0.2) is 0 Å². The predicted octanol–water partition coefficient (Wildman–Crippen LogP) is 1.57. The lowest BCUT2D eigenvalue weighted by Crippen LogP contribution is -2.19. The van der Waals surface area contributed by atoms with Crippen molar-refractivity contribution in [3.05, 3.63) is 29.8 Å². The molecule has 1 fully saturated rings. The van der Waals surface area contributed by atoms with Crippen LogP contribution in [0.5, 0.6) is 5.75 Å². The highest BCUT2D eigenvalue weighted by Gasteiger charge is 2.19. The summed E-state index contributed by atoms with van der Waals surface area (Å²) in [5.74, 6) is 0.581. The van der Waals surface area contributed by atoms with E-state index in [4.69, 9.17) is 14.2 Å². The van der Waals surface area contributed by atoms with Crippen LogP contribution in [-0.4, -0.2) is 32.4 Å². The van der Waals surface area contributed by atoms with Crippen LogP contribution in [0.3, 0.4) is 0 Å². The molecule has 1 heterocycles. The first-order valence-corrected chi connectivity index (χ1v) is 5.68. The van der Waals surface area contributed by atoms with Gasteiger partial charge in [0.05, 0.1) is 26.7 Å². The van der Waals surface area contributed by atoms with Gasteiger partial charge in [0, 0.05) is 6.42 Å². The van der Waals surface area contributed by atoms with Crippen LogP contribution in [0, 0.1) is 0 Å². The van der Waals surface area contributed by atoms with Crippen LogP contribution < -0.4 is 4.74 Å². The first-order chi connectivity index (χ1) is 8.28. The first-order valence-electron chi connectivity index (χ1n) is 5.68. The minimum atomic E-state index is -0.203. The number of ether oxygens (including phenoxy) is 3. The molecule has 2 rings (SSSR count). The van der Waals surface area contributed by atoms with Crippen LogP contribution in [0.1, 0.15) is 12.0 Å². The molecule has 17 heavy (non-hydrogen) atoms. The van der Waals surface area contributed by atoms with Crippen LogP contribution >= 0.6 is 0 Å². The topological polar surface area (TPSA) is 44.8 Å². The zero-order chi connectivity index (χ0) is 12.1. The molecule has 0 radical (unpaired) electrons. The fourth-order valence-electron chi connectivity index (χ4n) is 1.74. The van der Waals surface area contributed by atoms with Gasteiger partial charge >= 0.3 is 5.97 Å². The van der Waals surface area contributed by atoms with Crippen LogP contribution in [0.4, 0.5) is 0 Å². The second-order valence-electron chi connectivity index (χ2n) is 4.00. The summed E-state index contributed by atoms with van der Waals surface area (Å²) in [6.45, 7) is 1.20. The molecule has 0 amide bonds. The number of carbonyl (C=O) groups excluding carboxylic acids is 1. The summed E-state index contributed by atoms with van der Waals surface area (Å²) in [4.78, 5) is 11.6. The molecule has 0 bridgehead atoms. The molecule has 4 heteroatoms. The lowest BCUT2D eigenvalue weighted by Gasteiger charge is -2.10. The summed E-state index contributed by atoms with van der Waals surface area (Å²) in [6, 6.07) is 7.40. The zero-order valence-electron chi connectivity index (χ0n) is 9.85. The Hall–Kier alpha value is -1.55. The van der Waals surface area contributed by atoms with Gasteiger partial charge in [-0.25, -0.2) is 0 Å². The van der Waals surface area contributed by atoms with Crippen molar-refractivity contribution in [1.29, 1.82) is 0 Å². The first kappa shape index (κ1) is 11.9. The Balaban J connectivity index is 1.84. The normalized spacial score (nSPS) is 19.0. The Labute approximate surface area is 100 Å². The van der Waals surface area contributed by atoms with Crippen LogP contribution in [0.25, 0.3) is 0 Å². The van der Waals surface area contributed by atoms with Crippen LogP contribution in [0.15, 0.2) is 24.3 Å². The summed E-state index contributed by atoms with van der Waals surface area (Å²) < 4.78 is 15.5. The van der Waals surface area contributed by atoms with Gasteiger partial charge in [0.1, 0.15) is 11.9 Å². The molecule has 1 aromatic rings. The van der Waals surface area contributed by atoms with E-state index >= 15 is 0 Å². The van der Waals surface area contributed by atoms with Gasteiger partial charge in [0.2, 0.25) is 0 Å². The van der Waals surface area contributed by atoms with Crippen molar-refractivity contribution in [2.45, 2.75) is 18.9 Å². The van der Waals surface area contributed by atoms with Crippen molar-refractivity contribution in [3.63, 3.8) is 0 Å². The van der Waals surface area contributed by atoms with E-state index in [1.165, 1.54) is 0 Å². The van der Waals surface area contributed by atoms with Crippen molar-refractivity contribution in [2.24, 2.45) is 0 Å². The van der Waals surface area contributed by atoms with Gasteiger partial charge in [-0.05, 0) is 17.7 Å². The second-order valence-corrected chi connectivity index (χ2v) is 4.00. The van der Waals surface area contributed by atoms with Crippen LogP contribution in [-0.2, 0) is 20.7 Å². The van der Waals surface area contributed by atoms with Crippen molar-refractivity contribution >= 4 is 5.97 Å². The highest BCUT2D eigenvalue weighted by molar-refractivity contribution is 5.72. The van der Waals surface area contributed by atoms with E-state index < -0.39 is 0 Å². The minimum absolute atomic E-state index is 0.0688. The van der Waals surface area contributed by atoms with Crippen molar-refractivity contribution in [1.82, 2.24) is 0 Å². The van der Waals surface area contributed by atoms with Gasteiger partial charge in [-0.1, -0.05) is 12.1 Å². The smallest absolute Gasteiger partial charge is 0.310 e. The molecule has 0 N–H and O–H groups in total. The standard InChI is InChI=1S/C13H16O4/c1-15-11-4-2-10(3-5-11)8-13(14)17-12-6-7-16-9-12/h2-5,12H,6-9H2,1H3. The Morgan fingerprint density at radius 1 is 1.41 bits per heavy atom. The number of benzene rings is 1. The maximum absolute atomic E-state index is 11.6. The maximum atomic E-state index is 11.6. The summed E-state index contributed by atoms with van der Waals surface area (Å²) in [7, 11) is 1.61. The van der Waals surface area contributed by atoms with E-state index in [2.05, 4.69) is 0 Å². The third-order valence-electron chi connectivity index (χ3n) is 2.69. The minimum Gasteiger partial charge on any atom is -0.497 e. The molecule has 1 saturated heterocycles. The van der Waals surface area contributed by atoms with Gasteiger partial charge in [-0.15, -0.1) is 0 Å². The summed E-state index contributed by atoms with van der Waals surface area (Å²) in [5.41, 5.74) is 0.926. The number of rotatable bonds is 4. The Morgan fingerprint density at radius 2 is 2.18 bits per heavy atom. The number of hydrogen-bond acceptors (Lipinski definition) is 4. The molecule has 0 saturated carbocycles. The predicted molar refractivity (Wildman–Crippen MR) is 62.0 cm³/mol. The molecule has 1 aliphatic heterocycles.